The van der Waals surface area contributed by atoms with Gasteiger partial charge in [-0.25, -0.2) is 9.97 Å². The number of benzene rings is 1. The molecule has 1 aliphatic rings. The molecule has 0 bridgehead atoms. The van der Waals surface area contributed by atoms with Crippen molar-refractivity contribution >= 4 is 27.9 Å². The maximum absolute atomic E-state index is 5.88. The average Bonchev–Trinajstić information content (AvgIpc) is 3.05. The topological polar surface area (TPSA) is 69.4 Å². The SMILES string of the molecule is CC1(C)OC[C@H](CNc2ncnc3c2oc2ccccc23)O1. The van der Waals surface area contributed by atoms with Crippen LogP contribution in [0.3, 0.4) is 0 Å². The van der Waals surface area contributed by atoms with Gasteiger partial charge < -0.3 is 19.2 Å². The summed E-state index contributed by atoms with van der Waals surface area (Å²) in [7, 11) is 0. The Kier molecular flexibility index (Phi) is 3.02. The molecule has 6 nitrogen and oxygen atoms in total. The molecule has 0 spiro atoms. The highest BCUT2D eigenvalue weighted by Crippen LogP contribution is 2.30. The van der Waals surface area contributed by atoms with Crippen molar-refractivity contribution in [3.63, 3.8) is 0 Å². The van der Waals surface area contributed by atoms with Crippen LogP contribution in [0.25, 0.3) is 22.1 Å². The van der Waals surface area contributed by atoms with E-state index in [1.807, 2.05) is 38.1 Å². The highest BCUT2D eigenvalue weighted by molar-refractivity contribution is 6.05. The van der Waals surface area contributed by atoms with E-state index < -0.39 is 5.79 Å². The first-order chi connectivity index (χ1) is 10.6. The second-order valence-corrected chi connectivity index (χ2v) is 5.83. The first kappa shape index (κ1) is 13.5. The second kappa shape index (κ2) is 4.93. The van der Waals surface area contributed by atoms with E-state index in [0.717, 1.165) is 16.5 Å². The zero-order valence-corrected chi connectivity index (χ0v) is 12.5. The number of para-hydroxylation sites is 1. The first-order valence-electron chi connectivity index (χ1n) is 7.30. The van der Waals surface area contributed by atoms with E-state index in [1.54, 1.807) is 6.33 Å². The molecule has 22 heavy (non-hydrogen) atoms. The summed E-state index contributed by atoms with van der Waals surface area (Å²) in [5, 5.41) is 4.27. The average molecular weight is 299 g/mol. The smallest absolute Gasteiger partial charge is 0.196 e. The molecule has 0 unspecified atom stereocenters. The monoisotopic (exact) mass is 299 g/mol. The van der Waals surface area contributed by atoms with Gasteiger partial charge >= 0.3 is 0 Å². The molecule has 3 aromatic rings. The molecule has 0 amide bonds. The molecule has 0 aliphatic carbocycles. The normalized spacial score (nSPS) is 20.7. The van der Waals surface area contributed by atoms with Crippen molar-refractivity contribution in [2.75, 3.05) is 18.5 Å². The molecule has 0 saturated carbocycles. The quantitative estimate of drug-likeness (QED) is 0.802. The summed E-state index contributed by atoms with van der Waals surface area (Å²) in [5.41, 5.74) is 2.29. The molecule has 1 N–H and O–H groups in total. The van der Waals surface area contributed by atoms with Gasteiger partial charge in [0.1, 0.15) is 23.5 Å². The van der Waals surface area contributed by atoms with Crippen molar-refractivity contribution in [2.24, 2.45) is 0 Å². The number of fused-ring (bicyclic) bond motifs is 3. The Hall–Kier alpha value is -2.18. The Balaban J connectivity index is 1.62. The Bertz CT molecular complexity index is 828. The Labute approximate surface area is 127 Å². The van der Waals surface area contributed by atoms with E-state index in [9.17, 15) is 0 Å². The van der Waals surface area contributed by atoms with Crippen LogP contribution in [0.2, 0.25) is 0 Å². The van der Waals surface area contributed by atoms with Crippen LogP contribution in [-0.4, -0.2) is 35.0 Å². The van der Waals surface area contributed by atoms with Gasteiger partial charge in [0.05, 0.1) is 6.61 Å². The third kappa shape index (κ3) is 2.30. The minimum absolute atomic E-state index is 0.00982. The summed E-state index contributed by atoms with van der Waals surface area (Å²) in [6.07, 6.45) is 1.53. The summed E-state index contributed by atoms with van der Waals surface area (Å²) in [6, 6.07) is 7.83. The van der Waals surface area contributed by atoms with Crippen LogP contribution in [0.5, 0.6) is 0 Å². The lowest BCUT2D eigenvalue weighted by molar-refractivity contribution is -0.136. The number of rotatable bonds is 3. The van der Waals surface area contributed by atoms with E-state index in [1.165, 1.54) is 0 Å². The van der Waals surface area contributed by atoms with Crippen LogP contribution >= 0.6 is 0 Å². The van der Waals surface area contributed by atoms with Crippen LogP contribution in [-0.2, 0) is 9.47 Å². The Morgan fingerprint density at radius 2 is 2.14 bits per heavy atom. The minimum Gasteiger partial charge on any atom is -0.450 e. The van der Waals surface area contributed by atoms with E-state index in [2.05, 4.69) is 15.3 Å². The van der Waals surface area contributed by atoms with Crippen LogP contribution in [0, 0.1) is 0 Å². The molecule has 1 aliphatic heterocycles. The first-order valence-corrected chi connectivity index (χ1v) is 7.30. The molecule has 4 rings (SSSR count). The predicted molar refractivity (Wildman–Crippen MR) is 82.7 cm³/mol. The highest BCUT2D eigenvalue weighted by Gasteiger charge is 2.32. The molecule has 3 heterocycles. The van der Waals surface area contributed by atoms with Crippen LogP contribution in [0.15, 0.2) is 35.0 Å². The molecule has 114 valence electrons. The lowest BCUT2D eigenvalue weighted by atomic mass is 10.2. The molecule has 6 heteroatoms. The summed E-state index contributed by atoms with van der Waals surface area (Å²) in [6.45, 7) is 4.99. The van der Waals surface area contributed by atoms with Crippen LogP contribution < -0.4 is 5.32 Å². The minimum atomic E-state index is -0.521. The van der Waals surface area contributed by atoms with E-state index >= 15 is 0 Å². The van der Waals surface area contributed by atoms with Gasteiger partial charge in [0, 0.05) is 11.9 Å². The van der Waals surface area contributed by atoms with Crippen LogP contribution in [0.1, 0.15) is 13.8 Å². The number of nitrogens with zero attached hydrogens (tertiary/aromatic N) is 2. The number of hydrogen-bond donors (Lipinski definition) is 1. The summed E-state index contributed by atoms with van der Waals surface area (Å²) in [4.78, 5) is 8.62. The number of nitrogens with one attached hydrogen (secondary N) is 1. The van der Waals surface area contributed by atoms with Gasteiger partial charge in [0.25, 0.3) is 0 Å². The van der Waals surface area contributed by atoms with Gasteiger partial charge in [-0.2, -0.15) is 0 Å². The van der Waals surface area contributed by atoms with E-state index in [0.29, 0.717) is 24.6 Å². The van der Waals surface area contributed by atoms with Crippen molar-refractivity contribution in [3.05, 3.63) is 30.6 Å². The summed E-state index contributed by atoms with van der Waals surface area (Å²) >= 11 is 0. The number of hydrogen-bond acceptors (Lipinski definition) is 6. The third-order valence-corrected chi connectivity index (χ3v) is 3.72. The van der Waals surface area contributed by atoms with Crippen molar-refractivity contribution < 1.29 is 13.9 Å². The predicted octanol–water partition coefficient (Wildman–Crippen LogP) is 2.94. The van der Waals surface area contributed by atoms with Crippen LogP contribution in [0.4, 0.5) is 5.82 Å². The van der Waals surface area contributed by atoms with Gasteiger partial charge in [-0.1, -0.05) is 12.1 Å². The number of ether oxygens (including phenoxy) is 2. The maximum Gasteiger partial charge on any atom is 0.196 e. The maximum atomic E-state index is 5.88. The van der Waals surface area contributed by atoms with Crippen molar-refractivity contribution in [1.29, 1.82) is 0 Å². The van der Waals surface area contributed by atoms with Crippen molar-refractivity contribution in [2.45, 2.75) is 25.7 Å². The highest BCUT2D eigenvalue weighted by atomic mass is 16.7. The lowest BCUT2D eigenvalue weighted by Crippen LogP contribution is -2.26. The van der Waals surface area contributed by atoms with Gasteiger partial charge in [0.15, 0.2) is 17.2 Å². The third-order valence-electron chi connectivity index (χ3n) is 3.72. The van der Waals surface area contributed by atoms with Gasteiger partial charge in [-0.15, -0.1) is 0 Å². The van der Waals surface area contributed by atoms with Gasteiger partial charge in [0.2, 0.25) is 0 Å². The fourth-order valence-electron chi connectivity index (χ4n) is 2.72. The Morgan fingerprint density at radius 1 is 1.27 bits per heavy atom. The molecule has 1 fully saturated rings. The molecular weight excluding hydrogens is 282 g/mol. The molecule has 2 aromatic heterocycles. The van der Waals surface area contributed by atoms with E-state index in [-0.39, 0.29) is 6.10 Å². The van der Waals surface area contributed by atoms with Crippen molar-refractivity contribution in [3.8, 4) is 0 Å². The molecule has 1 saturated heterocycles. The molecular formula is C16H17N3O3. The van der Waals surface area contributed by atoms with Gasteiger partial charge in [-0.3, -0.25) is 0 Å². The standard InChI is InChI=1S/C16H17N3O3/c1-16(2)20-8-10(22-16)7-17-15-14-13(18-9-19-15)11-5-3-4-6-12(11)21-14/h3-6,9-10H,7-8H2,1-2H3,(H,17,18,19)/t10-/m0/s1. The Morgan fingerprint density at radius 3 is 2.95 bits per heavy atom. The number of furan rings is 1. The largest absolute Gasteiger partial charge is 0.450 e. The lowest BCUT2D eigenvalue weighted by Gasteiger charge is -2.17. The van der Waals surface area contributed by atoms with E-state index in [4.69, 9.17) is 13.9 Å². The zero-order valence-electron chi connectivity index (χ0n) is 12.5. The molecule has 1 atom stereocenters. The van der Waals surface area contributed by atoms with Gasteiger partial charge in [-0.05, 0) is 26.0 Å². The summed E-state index contributed by atoms with van der Waals surface area (Å²) in [5.74, 6) is 0.154. The summed E-state index contributed by atoms with van der Waals surface area (Å²) < 4.78 is 17.2. The van der Waals surface area contributed by atoms with Crippen molar-refractivity contribution in [1.82, 2.24) is 9.97 Å². The zero-order chi connectivity index (χ0) is 15.2. The fourth-order valence-corrected chi connectivity index (χ4v) is 2.72. The fraction of sp³-hybridized carbons (Fsp3) is 0.375. The second-order valence-electron chi connectivity index (χ2n) is 5.83. The number of aromatic nitrogens is 2. The molecule has 1 aromatic carbocycles. The molecule has 0 radical (unpaired) electrons. The number of anilines is 1.